The minimum Gasteiger partial charge on any atom is -0.456 e. The maximum atomic E-state index is 12.8. The normalized spacial score (nSPS) is 28.4. The van der Waals surface area contributed by atoms with Gasteiger partial charge in [-0.3, -0.25) is 29.4 Å². The second-order valence-electron chi connectivity index (χ2n) is 7.94. The van der Waals surface area contributed by atoms with Crippen LogP contribution in [0.2, 0.25) is 0 Å². The van der Waals surface area contributed by atoms with Crippen molar-refractivity contribution in [1.29, 1.82) is 0 Å². The molecule has 1 aromatic carbocycles. The highest BCUT2D eigenvalue weighted by molar-refractivity contribution is 6.08. The number of rotatable bonds is 6. The van der Waals surface area contributed by atoms with E-state index in [1.165, 1.54) is 31.2 Å². The first-order valence-electron chi connectivity index (χ1n) is 9.60. The third kappa shape index (κ3) is 3.10. The highest BCUT2D eigenvalue weighted by Crippen LogP contribution is 2.56. The van der Waals surface area contributed by atoms with E-state index in [0.29, 0.717) is 0 Å². The van der Waals surface area contributed by atoms with Crippen LogP contribution >= 0.6 is 0 Å². The molecule has 29 heavy (non-hydrogen) atoms. The molecular weight excluding hydrogens is 380 g/mol. The Kier molecular flexibility index (Phi) is 4.68. The second-order valence-corrected chi connectivity index (χ2v) is 7.94. The lowest BCUT2D eigenvalue weighted by Crippen LogP contribution is -2.45. The molecule has 1 saturated heterocycles. The number of hydrogen-bond donors (Lipinski definition) is 0. The molecule has 2 aliphatic carbocycles. The third-order valence-electron chi connectivity index (χ3n) is 6.44. The van der Waals surface area contributed by atoms with Gasteiger partial charge in [-0.05, 0) is 50.2 Å². The van der Waals surface area contributed by atoms with Gasteiger partial charge in [-0.25, -0.2) is 4.79 Å². The van der Waals surface area contributed by atoms with Gasteiger partial charge >= 0.3 is 5.97 Å². The molecule has 1 heterocycles. The summed E-state index contributed by atoms with van der Waals surface area (Å²) in [7, 11) is 0. The van der Waals surface area contributed by atoms with E-state index in [0.717, 1.165) is 24.2 Å². The lowest BCUT2D eigenvalue weighted by Gasteiger charge is -2.22. The largest absolute Gasteiger partial charge is 0.456 e. The Morgan fingerprint density at radius 2 is 1.69 bits per heavy atom. The van der Waals surface area contributed by atoms with E-state index in [-0.39, 0.29) is 46.7 Å². The van der Waals surface area contributed by atoms with E-state index in [1.54, 1.807) is 0 Å². The number of nitrogens with zero attached hydrogens (tertiary/aromatic N) is 2. The molecule has 0 radical (unpaired) electrons. The lowest BCUT2D eigenvalue weighted by molar-refractivity contribution is -0.384. The van der Waals surface area contributed by atoms with Crippen LogP contribution in [-0.4, -0.2) is 46.0 Å². The Hall–Kier alpha value is -3.10. The molecule has 5 atom stereocenters. The molecule has 3 aliphatic rings. The van der Waals surface area contributed by atoms with Crippen molar-refractivity contribution in [1.82, 2.24) is 4.90 Å². The molecule has 9 nitrogen and oxygen atoms in total. The van der Waals surface area contributed by atoms with E-state index < -0.39 is 29.3 Å². The molecule has 0 spiro atoms. The van der Waals surface area contributed by atoms with Crippen LogP contribution in [0, 0.1) is 33.8 Å². The Bertz CT molecular complexity index is 882. The van der Waals surface area contributed by atoms with Crippen molar-refractivity contribution < 1.29 is 28.8 Å². The zero-order valence-electron chi connectivity index (χ0n) is 15.8. The van der Waals surface area contributed by atoms with Gasteiger partial charge in [0, 0.05) is 17.7 Å². The highest BCUT2D eigenvalue weighted by atomic mass is 16.6. The van der Waals surface area contributed by atoms with Crippen LogP contribution in [0.25, 0.3) is 0 Å². The quantitative estimate of drug-likeness (QED) is 0.234. The van der Waals surface area contributed by atoms with Crippen LogP contribution in [0.1, 0.15) is 36.5 Å². The third-order valence-corrected chi connectivity index (χ3v) is 6.44. The Morgan fingerprint density at radius 1 is 1.14 bits per heavy atom. The van der Waals surface area contributed by atoms with Crippen molar-refractivity contribution in [3.8, 4) is 0 Å². The van der Waals surface area contributed by atoms with Crippen LogP contribution in [0.4, 0.5) is 5.69 Å². The maximum Gasteiger partial charge on any atom is 0.329 e. The zero-order valence-corrected chi connectivity index (χ0v) is 15.8. The smallest absolute Gasteiger partial charge is 0.329 e. The van der Waals surface area contributed by atoms with Crippen LogP contribution in [0.15, 0.2) is 24.3 Å². The summed E-state index contributed by atoms with van der Waals surface area (Å²) in [5.41, 5.74) is 0.00762. The van der Waals surface area contributed by atoms with Gasteiger partial charge < -0.3 is 4.74 Å². The van der Waals surface area contributed by atoms with Gasteiger partial charge in [-0.1, -0.05) is 0 Å². The Balaban J connectivity index is 1.37. The van der Waals surface area contributed by atoms with Crippen molar-refractivity contribution in [3.05, 3.63) is 39.9 Å². The maximum absolute atomic E-state index is 12.8. The van der Waals surface area contributed by atoms with Gasteiger partial charge in [-0.15, -0.1) is 0 Å². The molecule has 1 aliphatic heterocycles. The Morgan fingerprint density at radius 3 is 2.21 bits per heavy atom. The van der Waals surface area contributed by atoms with E-state index in [9.17, 15) is 29.3 Å². The van der Waals surface area contributed by atoms with Crippen LogP contribution in [0.5, 0.6) is 0 Å². The van der Waals surface area contributed by atoms with Crippen LogP contribution in [0.3, 0.4) is 0 Å². The number of fused-ring (bicyclic) bond motifs is 5. The van der Waals surface area contributed by atoms with Crippen molar-refractivity contribution in [2.24, 2.45) is 23.7 Å². The fourth-order valence-corrected chi connectivity index (χ4v) is 5.03. The first kappa shape index (κ1) is 19.2. The second kappa shape index (κ2) is 7.06. The number of nitro benzene ring substituents is 1. The van der Waals surface area contributed by atoms with E-state index >= 15 is 0 Å². The zero-order chi connectivity index (χ0) is 20.9. The van der Waals surface area contributed by atoms with E-state index in [4.69, 9.17) is 4.74 Å². The van der Waals surface area contributed by atoms with Gasteiger partial charge in [0.05, 0.1) is 16.8 Å². The number of carbonyl (C=O) groups is 4. The predicted octanol–water partition coefficient (Wildman–Crippen LogP) is 1.74. The predicted molar refractivity (Wildman–Crippen MR) is 97.5 cm³/mol. The van der Waals surface area contributed by atoms with Crippen molar-refractivity contribution in [3.63, 3.8) is 0 Å². The molecule has 152 valence electrons. The number of esters is 1. The van der Waals surface area contributed by atoms with E-state index in [2.05, 4.69) is 0 Å². The number of imide groups is 1. The molecule has 2 saturated carbocycles. The molecule has 0 N–H and O–H groups in total. The minimum atomic E-state index is -1.09. The number of likely N-dealkylation sites (tertiary alicyclic amines) is 1. The number of Topliss-reactive ketones (excluding diaryl/α,β-unsaturated/α-hetero) is 1. The summed E-state index contributed by atoms with van der Waals surface area (Å²) < 4.78 is 5.03. The molecule has 0 unspecified atom stereocenters. The number of benzene rings is 1. The van der Waals surface area contributed by atoms with Crippen LogP contribution in [-0.2, 0) is 19.1 Å². The van der Waals surface area contributed by atoms with E-state index in [1.807, 2.05) is 0 Å². The lowest BCUT2D eigenvalue weighted by atomic mass is 9.81. The minimum absolute atomic E-state index is 0.155. The number of ether oxygens (including phenoxy) is 1. The summed E-state index contributed by atoms with van der Waals surface area (Å²) in [6, 6.07) is 3.84. The summed E-state index contributed by atoms with van der Waals surface area (Å²) in [4.78, 5) is 61.2. The number of nitro groups is 1. The highest BCUT2D eigenvalue weighted by Gasteiger charge is 2.62. The molecule has 4 rings (SSSR count). The Labute approximate surface area is 166 Å². The first-order chi connectivity index (χ1) is 13.8. The van der Waals surface area contributed by atoms with Gasteiger partial charge in [0.25, 0.3) is 5.69 Å². The van der Waals surface area contributed by atoms with Gasteiger partial charge in [0.1, 0.15) is 6.04 Å². The average molecular weight is 400 g/mol. The number of ketones is 1. The summed E-state index contributed by atoms with van der Waals surface area (Å²) in [6.07, 6.45) is 2.80. The fourth-order valence-electron chi connectivity index (χ4n) is 5.03. The van der Waals surface area contributed by atoms with Crippen molar-refractivity contribution >= 4 is 29.3 Å². The average Bonchev–Trinajstić information content (AvgIpc) is 3.39. The number of amides is 2. The summed E-state index contributed by atoms with van der Waals surface area (Å²) in [6.45, 7) is 0.854. The van der Waals surface area contributed by atoms with Crippen LogP contribution < -0.4 is 0 Å². The fraction of sp³-hybridized carbons (Fsp3) is 0.500. The summed E-state index contributed by atoms with van der Waals surface area (Å²) in [5.74, 6) is -2.17. The number of non-ortho nitro benzene ring substituents is 1. The summed E-state index contributed by atoms with van der Waals surface area (Å²) >= 11 is 0. The molecule has 0 aromatic heterocycles. The summed E-state index contributed by atoms with van der Waals surface area (Å²) in [5, 5.41) is 10.7. The standard InChI is InChI=1S/C20H20N2O7/c1-10(21-18(24)16-12-2-3-13(8-12)17(16)19(21)25)20(26)29-9-15(23)11-4-6-14(7-5-11)22(27)28/h4-7,10,12-13,16-17H,2-3,8-9H2,1H3/t10-,12-,13-,16-,17+/m0/s1. The number of hydrogen-bond acceptors (Lipinski definition) is 7. The topological polar surface area (TPSA) is 124 Å². The number of carbonyl (C=O) groups excluding carboxylic acids is 4. The van der Waals surface area contributed by atoms with Gasteiger partial charge in [0.2, 0.25) is 11.8 Å². The monoisotopic (exact) mass is 400 g/mol. The molecule has 2 bridgehead atoms. The first-order valence-corrected chi connectivity index (χ1v) is 9.60. The van der Waals surface area contributed by atoms with Crippen molar-refractivity contribution in [2.45, 2.75) is 32.2 Å². The molecule has 2 amide bonds. The molecule has 9 heteroatoms. The molecular formula is C20H20N2O7. The van der Waals surface area contributed by atoms with Gasteiger partial charge in [-0.2, -0.15) is 0 Å². The van der Waals surface area contributed by atoms with Crippen molar-refractivity contribution in [2.75, 3.05) is 6.61 Å². The van der Waals surface area contributed by atoms with Gasteiger partial charge in [0.15, 0.2) is 12.4 Å². The molecule has 3 fully saturated rings. The SMILES string of the molecule is C[C@@H](C(=O)OCC(=O)c1ccc([N+](=O)[O-])cc1)N1C(=O)[C@@H]2[C@H]3CC[C@@H](C3)[C@@H]2C1=O. The molecule has 1 aromatic rings.